The first-order valence-corrected chi connectivity index (χ1v) is 8.36. The fourth-order valence-electron chi connectivity index (χ4n) is 3.76. The summed E-state index contributed by atoms with van der Waals surface area (Å²) >= 11 is 0. The van der Waals surface area contributed by atoms with Gasteiger partial charge in [-0.3, -0.25) is 9.59 Å². The van der Waals surface area contributed by atoms with Gasteiger partial charge >= 0.3 is 0 Å². The molecule has 1 aromatic carbocycles. The van der Waals surface area contributed by atoms with Crippen molar-refractivity contribution < 1.29 is 14.7 Å². The van der Waals surface area contributed by atoms with Crippen molar-refractivity contribution in [1.82, 2.24) is 10.2 Å². The van der Waals surface area contributed by atoms with Crippen LogP contribution in [0.2, 0.25) is 0 Å². The molecule has 0 unspecified atom stereocenters. The van der Waals surface area contributed by atoms with Gasteiger partial charge in [-0.1, -0.05) is 43.2 Å². The summed E-state index contributed by atoms with van der Waals surface area (Å²) in [4.78, 5) is 26.1. The quantitative estimate of drug-likeness (QED) is 0.863. The number of aliphatic hydroxyl groups is 1. The third-order valence-corrected chi connectivity index (χ3v) is 5.09. The van der Waals surface area contributed by atoms with Crippen LogP contribution < -0.4 is 5.32 Å². The van der Waals surface area contributed by atoms with Crippen molar-refractivity contribution in [3.63, 3.8) is 0 Å². The van der Waals surface area contributed by atoms with Gasteiger partial charge in [0.2, 0.25) is 11.8 Å². The maximum atomic E-state index is 12.3. The number of hydrogen-bond donors (Lipinski definition) is 2. The highest BCUT2D eigenvalue weighted by molar-refractivity contribution is 5.87. The van der Waals surface area contributed by atoms with E-state index in [4.69, 9.17) is 0 Å². The minimum Gasteiger partial charge on any atom is -0.394 e. The van der Waals surface area contributed by atoms with Crippen molar-refractivity contribution in [2.24, 2.45) is 0 Å². The van der Waals surface area contributed by atoms with E-state index in [9.17, 15) is 14.7 Å². The van der Waals surface area contributed by atoms with Crippen molar-refractivity contribution in [2.45, 2.75) is 43.6 Å². The van der Waals surface area contributed by atoms with Gasteiger partial charge in [0.15, 0.2) is 0 Å². The van der Waals surface area contributed by atoms with Crippen molar-refractivity contribution in [2.75, 3.05) is 19.7 Å². The number of aliphatic hydroxyl groups excluding tert-OH is 1. The fourth-order valence-corrected chi connectivity index (χ4v) is 3.76. The Kier molecular flexibility index (Phi) is 4.66. The number of nitrogens with one attached hydrogen (secondary N) is 1. The Hall–Kier alpha value is -1.88. The van der Waals surface area contributed by atoms with E-state index >= 15 is 0 Å². The Morgan fingerprint density at radius 1 is 1.26 bits per heavy atom. The Balaban J connectivity index is 1.58. The number of rotatable bonds is 5. The molecule has 23 heavy (non-hydrogen) atoms. The zero-order valence-corrected chi connectivity index (χ0v) is 13.3. The lowest BCUT2D eigenvalue weighted by molar-refractivity contribution is -0.134. The van der Waals surface area contributed by atoms with Gasteiger partial charge in [-0.2, -0.15) is 0 Å². The van der Waals surface area contributed by atoms with Crippen LogP contribution in [0.3, 0.4) is 0 Å². The maximum Gasteiger partial charge on any atom is 0.240 e. The van der Waals surface area contributed by atoms with Crippen LogP contribution in [0.1, 0.15) is 43.6 Å². The highest BCUT2D eigenvalue weighted by atomic mass is 16.3. The van der Waals surface area contributed by atoms with Crippen molar-refractivity contribution in [3.05, 3.63) is 35.9 Å². The molecule has 5 heteroatoms. The minimum absolute atomic E-state index is 0.0264. The van der Waals surface area contributed by atoms with Gasteiger partial charge in [-0.05, 0) is 18.4 Å². The molecular weight excluding hydrogens is 292 g/mol. The largest absolute Gasteiger partial charge is 0.394 e. The predicted octanol–water partition coefficient (Wildman–Crippen LogP) is 1.42. The fraction of sp³-hybridized carbons (Fsp3) is 0.556. The zero-order valence-electron chi connectivity index (χ0n) is 13.3. The molecule has 1 saturated carbocycles. The molecule has 2 fully saturated rings. The van der Waals surface area contributed by atoms with Crippen LogP contribution in [-0.2, 0) is 9.59 Å². The topological polar surface area (TPSA) is 69.6 Å². The molecule has 1 aliphatic heterocycles. The van der Waals surface area contributed by atoms with E-state index in [0.29, 0.717) is 13.0 Å². The van der Waals surface area contributed by atoms with Crippen LogP contribution in [0, 0.1) is 0 Å². The van der Waals surface area contributed by atoms with Crippen molar-refractivity contribution in [3.8, 4) is 0 Å². The van der Waals surface area contributed by atoms with Gasteiger partial charge in [-0.25, -0.2) is 0 Å². The Labute approximate surface area is 136 Å². The summed E-state index contributed by atoms with van der Waals surface area (Å²) in [5, 5.41) is 12.5. The number of amides is 2. The molecule has 2 N–H and O–H groups in total. The van der Waals surface area contributed by atoms with Gasteiger partial charge in [-0.15, -0.1) is 0 Å². The lowest BCUT2D eigenvalue weighted by atomic mass is 9.98. The van der Waals surface area contributed by atoms with Gasteiger partial charge in [0.1, 0.15) is 0 Å². The first kappa shape index (κ1) is 16.0. The first-order chi connectivity index (χ1) is 11.1. The molecule has 3 rings (SSSR count). The molecule has 124 valence electrons. The number of carbonyl (C=O) groups is 2. The minimum atomic E-state index is -0.474. The van der Waals surface area contributed by atoms with E-state index in [-0.39, 0.29) is 30.9 Å². The Morgan fingerprint density at radius 3 is 2.61 bits per heavy atom. The summed E-state index contributed by atoms with van der Waals surface area (Å²) in [5.41, 5.74) is 0.671. The molecule has 1 saturated heterocycles. The number of benzene rings is 1. The molecule has 1 heterocycles. The van der Waals surface area contributed by atoms with Crippen LogP contribution in [0.25, 0.3) is 0 Å². The predicted molar refractivity (Wildman–Crippen MR) is 86.8 cm³/mol. The highest BCUT2D eigenvalue weighted by Crippen LogP contribution is 2.30. The van der Waals surface area contributed by atoms with E-state index in [1.807, 2.05) is 30.3 Å². The molecule has 0 aromatic heterocycles. The van der Waals surface area contributed by atoms with Gasteiger partial charge in [0.05, 0.1) is 18.7 Å². The Bertz CT molecular complexity index is 567. The second-order valence-electron chi connectivity index (χ2n) is 6.78. The normalized spacial score (nSPS) is 23.3. The molecule has 0 bridgehead atoms. The van der Waals surface area contributed by atoms with Crippen LogP contribution in [0.15, 0.2) is 30.3 Å². The summed E-state index contributed by atoms with van der Waals surface area (Å²) in [7, 11) is 0. The standard InChI is InChI=1S/C18H24N2O3/c21-13-18(8-4-5-9-18)19-16(22)12-20-11-15(10-17(20)23)14-6-2-1-3-7-14/h1-3,6-7,15,21H,4-5,8-13H2,(H,19,22)/t15-/m0/s1. The van der Waals surface area contributed by atoms with E-state index in [1.165, 1.54) is 0 Å². The SMILES string of the molecule is O=C(CN1C[C@@H](c2ccccc2)CC1=O)NC1(CO)CCCC1. The molecule has 5 nitrogen and oxygen atoms in total. The third-order valence-electron chi connectivity index (χ3n) is 5.09. The summed E-state index contributed by atoms with van der Waals surface area (Å²) in [6.07, 6.45) is 4.15. The molecule has 0 radical (unpaired) electrons. The number of nitrogens with zero attached hydrogens (tertiary/aromatic N) is 1. The molecule has 2 amide bonds. The summed E-state index contributed by atoms with van der Waals surface area (Å²) in [5.74, 6) is 0.0243. The van der Waals surface area contributed by atoms with E-state index < -0.39 is 5.54 Å². The molecule has 1 aliphatic carbocycles. The molecule has 0 spiro atoms. The van der Waals surface area contributed by atoms with E-state index in [1.54, 1.807) is 4.90 Å². The van der Waals surface area contributed by atoms with E-state index in [2.05, 4.69) is 5.32 Å². The maximum absolute atomic E-state index is 12.3. The lowest BCUT2D eigenvalue weighted by Gasteiger charge is -2.29. The average Bonchev–Trinajstić information content (AvgIpc) is 3.16. The van der Waals surface area contributed by atoms with Crippen molar-refractivity contribution in [1.29, 1.82) is 0 Å². The molecule has 2 aliphatic rings. The smallest absolute Gasteiger partial charge is 0.240 e. The number of hydrogen-bond acceptors (Lipinski definition) is 3. The van der Waals surface area contributed by atoms with Gasteiger partial charge < -0.3 is 15.3 Å². The van der Waals surface area contributed by atoms with Crippen molar-refractivity contribution >= 4 is 11.8 Å². The second-order valence-corrected chi connectivity index (χ2v) is 6.78. The summed E-state index contributed by atoms with van der Waals surface area (Å²) < 4.78 is 0. The average molecular weight is 316 g/mol. The monoisotopic (exact) mass is 316 g/mol. The van der Waals surface area contributed by atoms with Crippen LogP contribution in [-0.4, -0.2) is 47.1 Å². The molecule has 1 atom stereocenters. The third kappa shape index (κ3) is 3.55. The lowest BCUT2D eigenvalue weighted by Crippen LogP contribution is -2.52. The summed E-state index contributed by atoms with van der Waals surface area (Å²) in [6.45, 7) is 0.644. The highest BCUT2D eigenvalue weighted by Gasteiger charge is 2.36. The second kappa shape index (κ2) is 6.71. The van der Waals surface area contributed by atoms with Crippen LogP contribution >= 0.6 is 0 Å². The van der Waals surface area contributed by atoms with E-state index in [0.717, 1.165) is 31.2 Å². The van der Waals surface area contributed by atoms with Crippen LogP contribution in [0.4, 0.5) is 0 Å². The number of carbonyl (C=O) groups excluding carboxylic acids is 2. The van der Waals surface area contributed by atoms with Gasteiger partial charge in [0.25, 0.3) is 0 Å². The summed E-state index contributed by atoms with van der Waals surface area (Å²) in [6, 6.07) is 9.96. The zero-order chi connectivity index (χ0) is 16.3. The molecule has 1 aromatic rings. The van der Waals surface area contributed by atoms with Crippen LogP contribution in [0.5, 0.6) is 0 Å². The number of likely N-dealkylation sites (tertiary alicyclic amines) is 1. The van der Waals surface area contributed by atoms with Gasteiger partial charge in [0, 0.05) is 18.9 Å². The Morgan fingerprint density at radius 2 is 1.96 bits per heavy atom. The molecular formula is C18H24N2O3. The first-order valence-electron chi connectivity index (χ1n) is 8.36.